The van der Waals surface area contributed by atoms with Crippen molar-refractivity contribution in [1.29, 1.82) is 5.26 Å². The number of nitrogens with zero attached hydrogens (tertiary/aromatic N) is 1. The Labute approximate surface area is 127 Å². The summed E-state index contributed by atoms with van der Waals surface area (Å²) in [6, 6.07) is 11.3. The van der Waals surface area contributed by atoms with Crippen molar-refractivity contribution in [3.8, 4) is 6.07 Å². The number of hydrogen-bond donors (Lipinski definition) is 1. The highest BCUT2D eigenvalue weighted by Gasteiger charge is 2.34. The van der Waals surface area contributed by atoms with E-state index in [0.717, 1.165) is 31.2 Å². The van der Waals surface area contributed by atoms with E-state index < -0.39 is 15.6 Å². The molecule has 114 valence electrons. The van der Waals surface area contributed by atoms with Gasteiger partial charge in [0.2, 0.25) is 10.0 Å². The van der Waals surface area contributed by atoms with Crippen LogP contribution in [0.4, 0.5) is 0 Å². The van der Waals surface area contributed by atoms with Gasteiger partial charge in [-0.2, -0.15) is 9.98 Å². The summed E-state index contributed by atoms with van der Waals surface area (Å²) in [6.45, 7) is 0. The molecule has 5 heteroatoms. The summed E-state index contributed by atoms with van der Waals surface area (Å²) in [5, 5.41) is 9.51. The number of sulfonamides is 1. The van der Waals surface area contributed by atoms with Crippen molar-refractivity contribution in [2.75, 3.05) is 0 Å². The van der Waals surface area contributed by atoms with Gasteiger partial charge in [-0.15, -0.1) is 0 Å². The third kappa shape index (κ3) is 4.83. The maximum Gasteiger partial charge on any atom is 0.217 e. The van der Waals surface area contributed by atoms with Gasteiger partial charge in [0.1, 0.15) is 5.54 Å². The summed E-state index contributed by atoms with van der Waals surface area (Å²) in [4.78, 5) is 0. The van der Waals surface area contributed by atoms with E-state index in [1.54, 1.807) is 12.1 Å². The molecule has 1 aromatic rings. The van der Waals surface area contributed by atoms with Crippen LogP contribution in [0.25, 0.3) is 0 Å². The molecule has 0 spiro atoms. The number of nitriles is 1. The average molecular weight is 306 g/mol. The first-order valence-electron chi connectivity index (χ1n) is 7.52. The second kappa shape index (κ2) is 7.06. The van der Waals surface area contributed by atoms with E-state index in [1.165, 1.54) is 6.42 Å². The summed E-state index contributed by atoms with van der Waals surface area (Å²) in [7, 11) is -3.51. The molecular weight excluding hydrogens is 284 g/mol. The van der Waals surface area contributed by atoms with Gasteiger partial charge >= 0.3 is 0 Å². The van der Waals surface area contributed by atoms with Crippen LogP contribution < -0.4 is 4.72 Å². The van der Waals surface area contributed by atoms with Crippen LogP contribution in [0.1, 0.15) is 50.5 Å². The molecule has 0 unspecified atom stereocenters. The predicted molar refractivity (Wildman–Crippen MR) is 82.9 cm³/mol. The minimum atomic E-state index is -3.51. The first-order valence-corrected chi connectivity index (χ1v) is 9.17. The molecule has 2 rings (SSSR count). The minimum Gasteiger partial charge on any atom is -0.212 e. The quantitative estimate of drug-likeness (QED) is 0.929. The Kier molecular flexibility index (Phi) is 5.38. The zero-order valence-electron chi connectivity index (χ0n) is 12.2. The lowest BCUT2D eigenvalue weighted by molar-refractivity contribution is 0.357. The zero-order valence-corrected chi connectivity index (χ0v) is 13.0. The topological polar surface area (TPSA) is 70.0 Å². The summed E-state index contributed by atoms with van der Waals surface area (Å²) in [5.41, 5.74) is -0.183. The van der Waals surface area contributed by atoms with Crippen LogP contribution in [-0.4, -0.2) is 14.0 Å². The lowest BCUT2D eigenvalue weighted by Crippen LogP contribution is -2.48. The van der Waals surface area contributed by atoms with Gasteiger partial charge in [0.15, 0.2) is 0 Å². The summed E-state index contributed by atoms with van der Waals surface area (Å²) >= 11 is 0. The smallest absolute Gasteiger partial charge is 0.212 e. The molecule has 0 radical (unpaired) electrons. The van der Waals surface area contributed by atoms with Crippen LogP contribution in [0.2, 0.25) is 0 Å². The predicted octanol–water partition coefficient (Wildman–Crippen LogP) is 3.11. The molecule has 1 aromatic carbocycles. The van der Waals surface area contributed by atoms with Crippen LogP contribution in [0.15, 0.2) is 30.3 Å². The molecule has 0 bridgehead atoms. The molecule has 0 aromatic heterocycles. The Morgan fingerprint density at radius 2 is 1.62 bits per heavy atom. The second-order valence-corrected chi connectivity index (χ2v) is 7.53. The van der Waals surface area contributed by atoms with E-state index in [1.807, 2.05) is 18.2 Å². The van der Waals surface area contributed by atoms with Crippen LogP contribution in [0, 0.1) is 11.3 Å². The van der Waals surface area contributed by atoms with Gasteiger partial charge in [-0.1, -0.05) is 62.4 Å². The molecule has 0 atom stereocenters. The Bertz CT molecular complexity index is 582. The summed E-state index contributed by atoms with van der Waals surface area (Å²) < 4.78 is 27.4. The molecule has 1 fully saturated rings. The molecule has 1 aliphatic rings. The van der Waals surface area contributed by atoms with Crippen molar-refractivity contribution in [2.45, 2.75) is 56.2 Å². The highest BCUT2D eigenvalue weighted by atomic mass is 32.2. The molecule has 21 heavy (non-hydrogen) atoms. The van der Waals surface area contributed by atoms with Crippen LogP contribution in [0.5, 0.6) is 0 Å². The molecule has 4 nitrogen and oxygen atoms in total. The fourth-order valence-corrected chi connectivity index (χ4v) is 4.42. The molecular formula is C16H22N2O2S. The van der Waals surface area contributed by atoms with Crippen LogP contribution in [0.3, 0.4) is 0 Å². The van der Waals surface area contributed by atoms with E-state index in [0.29, 0.717) is 12.8 Å². The normalized spacial score (nSPS) is 19.2. The Hall–Kier alpha value is -1.38. The molecule has 0 saturated heterocycles. The van der Waals surface area contributed by atoms with E-state index in [4.69, 9.17) is 0 Å². The standard InChI is InChI=1S/C16H22N2O2S/c17-14-16(11-7-2-1-3-8-12-16)18-21(19,20)13-15-9-5-4-6-10-15/h4-6,9-10,18H,1-3,7-8,11-13H2. The van der Waals surface area contributed by atoms with Gasteiger partial charge in [0.25, 0.3) is 0 Å². The fourth-order valence-electron chi connectivity index (χ4n) is 2.87. The fraction of sp³-hybridized carbons (Fsp3) is 0.562. The highest BCUT2D eigenvalue weighted by molar-refractivity contribution is 7.88. The first-order chi connectivity index (χ1) is 10.1. The Morgan fingerprint density at radius 3 is 2.19 bits per heavy atom. The molecule has 0 aliphatic heterocycles. The largest absolute Gasteiger partial charge is 0.217 e. The van der Waals surface area contributed by atoms with Gasteiger partial charge in [0, 0.05) is 0 Å². The Balaban J connectivity index is 2.10. The van der Waals surface area contributed by atoms with Crippen LogP contribution in [-0.2, 0) is 15.8 Å². The molecule has 1 aliphatic carbocycles. The molecule has 0 amide bonds. The second-order valence-electron chi connectivity index (χ2n) is 5.81. The van der Waals surface area contributed by atoms with Crippen LogP contribution >= 0.6 is 0 Å². The zero-order chi connectivity index (χ0) is 15.2. The summed E-state index contributed by atoms with van der Waals surface area (Å²) in [6.07, 6.45) is 6.35. The SMILES string of the molecule is N#CC1(NS(=O)(=O)Cc2ccccc2)CCCCCCC1. The first kappa shape index (κ1) is 16.0. The molecule has 0 heterocycles. The molecule has 1 saturated carbocycles. The molecule has 1 N–H and O–H groups in total. The average Bonchev–Trinajstić information content (AvgIpc) is 2.42. The van der Waals surface area contributed by atoms with E-state index >= 15 is 0 Å². The van der Waals surface area contributed by atoms with Crippen molar-refractivity contribution >= 4 is 10.0 Å². The van der Waals surface area contributed by atoms with Gasteiger partial charge < -0.3 is 0 Å². The monoisotopic (exact) mass is 306 g/mol. The maximum absolute atomic E-state index is 12.4. The van der Waals surface area contributed by atoms with Gasteiger partial charge in [0.05, 0.1) is 11.8 Å². The highest BCUT2D eigenvalue weighted by Crippen LogP contribution is 2.27. The van der Waals surface area contributed by atoms with E-state index in [-0.39, 0.29) is 5.75 Å². The third-order valence-electron chi connectivity index (χ3n) is 3.97. The Morgan fingerprint density at radius 1 is 1.05 bits per heavy atom. The lowest BCUT2D eigenvalue weighted by Gasteiger charge is -2.29. The number of rotatable bonds is 4. The number of hydrogen-bond acceptors (Lipinski definition) is 3. The number of benzene rings is 1. The van der Waals surface area contributed by atoms with Gasteiger partial charge in [-0.05, 0) is 18.4 Å². The minimum absolute atomic E-state index is 0.0722. The lowest BCUT2D eigenvalue weighted by atomic mass is 9.86. The number of nitrogens with one attached hydrogen (secondary N) is 1. The van der Waals surface area contributed by atoms with E-state index in [2.05, 4.69) is 10.8 Å². The summed E-state index contributed by atoms with van der Waals surface area (Å²) in [5.74, 6) is -0.0722. The van der Waals surface area contributed by atoms with Crippen molar-refractivity contribution in [2.24, 2.45) is 0 Å². The van der Waals surface area contributed by atoms with Crippen molar-refractivity contribution in [3.63, 3.8) is 0 Å². The van der Waals surface area contributed by atoms with Crippen molar-refractivity contribution in [3.05, 3.63) is 35.9 Å². The van der Waals surface area contributed by atoms with Gasteiger partial charge in [-0.25, -0.2) is 8.42 Å². The van der Waals surface area contributed by atoms with Gasteiger partial charge in [-0.3, -0.25) is 0 Å². The third-order valence-corrected chi connectivity index (χ3v) is 5.39. The van der Waals surface area contributed by atoms with Crippen molar-refractivity contribution in [1.82, 2.24) is 4.72 Å². The van der Waals surface area contributed by atoms with E-state index in [9.17, 15) is 13.7 Å². The maximum atomic E-state index is 12.4. The van der Waals surface area contributed by atoms with Crippen molar-refractivity contribution < 1.29 is 8.42 Å².